The van der Waals surface area contributed by atoms with Crippen LogP contribution < -0.4 is 10.1 Å². The highest BCUT2D eigenvalue weighted by Crippen LogP contribution is 2.37. The van der Waals surface area contributed by atoms with Gasteiger partial charge in [0.05, 0.1) is 5.56 Å². The van der Waals surface area contributed by atoms with E-state index in [9.17, 15) is 13.2 Å². The predicted molar refractivity (Wildman–Crippen MR) is 77.0 cm³/mol. The number of hydrogen-bond acceptors (Lipinski definition) is 5. The van der Waals surface area contributed by atoms with E-state index in [4.69, 9.17) is 9.26 Å². The maximum atomic E-state index is 12.9. The molecule has 0 fully saturated rings. The van der Waals surface area contributed by atoms with E-state index in [1.54, 1.807) is 6.92 Å². The van der Waals surface area contributed by atoms with Crippen molar-refractivity contribution in [3.8, 4) is 5.75 Å². The molecule has 2 unspecified atom stereocenters. The second kappa shape index (κ2) is 6.99. The van der Waals surface area contributed by atoms with Gasteiger partial charge in [0, 0.05) is 12.5 Å². The lowest BCUT2D eigenvalue weighted by Gasteiger charge is -2.16. The van der Waals surface area contributed by atoms with Crippen molar-refractivity contribution in [1.29, 1.82) is 0 Å². The molecule has 0 saturated heterocycles. The Morgan fingerprint density at radius 1 is 1.26 bits per heavy atom. The fraction of sp³-hybridized carbons (Fsp3) is 0.467. The third-order valence-electron chi connectivity index (χ3n) is 3.31. The van der Waals surface area contributed by atoms with E-state index >= 15 is 0 Å². The van der Waals surface area contributed by atoms with Crippen LogP contribution in [0.2, 0.25) is 0 Å². The molecular formula is C15H18F3N3O2. The number of rotatable bonds is 6. The van der Waals surface area contributed by atoms with Gasteiger partial charge in [-0.05, 0) is 33.0 Å². The van der Waals surface area contributed by atoms with Crippen LogP contribution in [0.3, 0.4) is 0 Å². The standard InChI is InChI=1S/C15H18F3N3O2/c1-9(19-3)8-13-20-14(23-21-13)10(2)22-12-7-5-4-6-11(12)15(16,17)18/h4-7,9-10,19H,8H2,1-3H3. The smallest absolute Gasteiger partial charge is 0.419 e. The Kier molecular flexibility index (Phi) is 5.25. The lowest BCUT2D eigenvalue weighted by atomic mass is 10.2. The molecule has 0 aliphatic carbocycles. The molecular weight excluding hydrogens is 311 g/mol. The van der Waals surface area contributed by atoms with Crippen LogP contribution in [0, 0.1) is 0 Å². The van der Waals surface area contributed by atoms with E-state index in [1.165, 1.54) is 18.2 Å². The summed E-state index contributed by atoms with van der Waals surface area (Å²) >= 11 is 0. The zero-order chi connectivity index (χ0) is 17.0. The monoisotopic (exact) mass is 329 g/mol. The number of aromatic nitrogens is 2. The quantitative estimate of drug-likeness (QED) is 0.880. The molecule has 2 aromatic rings. The molecule has 0 bridgehead atoms. The van der Waals surface area contributed by atoms with Crippen molar-refractivity contribution in [2.45, 2.75) is 38.6 Å². The summed E-state index contributed by atoms with van der Waals surface area (Å²) in [5.41, 5.74) is -0.838. The van der Waals surface area contributed by atoms with E-state index in [-0.39, 0.29) is 17.7 Å². The number of likely N-dealkylation sites (N-methyl/N-ethyl adjacent to an activating group) is 1. The van der Waals surface area contributed by atoms with Gasteiger partial charge in [0.15, 0.2) is 11.9 Å². The van der Waals surface area contributed by atoms with Gasteiger partial charge in [-0.15, -0.1) is 0 Å². The van der Waals surface area contributed by atoms with E-state index in [2.05, 4.69) is 15.5 Å². The topological polar surface area (TPSA) is 60.2 Å². The summed E-state index contributed by atoms with van der Waals surface area (Å²) in [6.07, 6.45) is -4.73. The molecule has 8 heteroatoms. The molecule has 126 valence electrons. The Morgan fingerprint density at radius 2 is 1.96 bits per heavy atom. The van der Waals surface area contributed by atoms with Gasteiger partial charge in [-0.3, -0.25) is 0 Å². The van der Waals surface area contributed by atoms with Crippen LogP contribution in [0.1, 0.15) is 37.2 Å². The SMILES string of the molecule is CNC(C)Cc1noc(C(C)Oc2ccccc2C(F)(F)F)n1. The Bertz CT molecular complexity index is 643. The Labute approximate surface area is 131 Å². The number of nitrogens with one attached hydrogen (secondary N) is 1. The number of ether oxygens (including phenoxy) is 1. The molecule has 0 saturated carbocycles. The van der Waals surface area contributed by atoms with Crippen LogP contribution in [0.5, 0.6) is 5.75 Å². The third kappa shape index (κ3) is 4.44. The molecule has 0 aliphatic heterocycles. The van der Waals surface area contributed by atoms with Gasteiger partial charge in [-0.2, -0.15) is 18.2 Å². The second-order valence-corrected chi connectivity index (χ2v) is 5.20. The zero-order valence-corrected chi connectivity index (χ0v) is 13.0. The molecule has 1 heterocycles. The maximum Gasteiger partial charge on any atom is 0.419 e. The van der Waals surface area contributed by atoms with Crippen LogP contribution in [-0.2, 0) is 12.6 Å². The summed E-state index contributed by atoms with van der Waals surface area (Å²) in [6, 6.07) is 5.17. The van der Waals surface area contributed by atoms with Gasteiger partial charge < -0.3 is 14.6 Å². The largest absolute Gasteiger partial charge is 0.480 e. The first-order valence-electron chi connectivity index (χ1n) is 7.14. The summed E-state index contributed by atoms with van der Waals surface area (Å²) in [5, 5.41) is 6.85. The van der Waals surface area contributed by atoms with Gasteiger partial charge in [0.2, 0.25) is 0 Å². The van der Waals surface area contributed by atoms with Gasteiger partial charge in [0.1, 0.15) is 5.75 Å². The van der Waals surface area contributed by atoms with Crippen molar-refractivity contribution in [2.75, 3.05) is 7.05 Å². The van der Waals surface area contributed by atoms with Crippen LogP contribution in [-0.4, -0.2) is 23.2 Å². The summed E-state index contributed by atoms with van der Waals surface area (Å²) in [6.45, 7) is 3.52. The number of alkyl halides is 3. The normalized spacial score (nSPS) is 14.5. The van der Waals surface area contributed by atoms with Gasteiger partial charge in [-0.1, -0.05) is 17.3 Å². The number of nitrogens with zero attached hydrogens (tertiary/aromatic N) is 2. The van der Waals surface area contributed by atoms with Crippen molar-refractivity contribution in [1.82, 2.24) is 15.5 Å². The van der Waals surface area contributed by atoms with Crippen LogP contribution in [0.4, 0.5) is 13.2 Å². The Morgan fingerprint density at radius 3 is 2.61 bits per heavy atom. The van der Waals surface area contributed by atoms with Crippen LogP contribution in [0.15, 0.2) is 28.8 Å². The fourth-order valence-corrected chi connectivity index (χ4v) is 1.94. The molecule has 23 heavy (non-hydrogen) atoms. The van der Waals surface area contributed by atoms with Gasteiger partial charge in [-0.25, -0.2) is 0 Å². The van der Waals surface area contributed by atoms with E-state index in [0.717, 1.165) is 6.07 Å². The minimum atomic E-state index is -4.49. The summed E-state index contributed by atoms with van der Waals surface area (Å²) in [5.74, 6) is 0.345. The van der Waals surface area contributed by atoms with Crippen molar-refractivity contribution >= 4 is 0 Å². The van der Waals surface area contributed by atoms with Gasteiger partial charge in [0.25, 0.3) is 5.89 Å². The molecule has 2 atom stereocenters. The summed E-state index contributed by atoms with van der Waals surface area (Å²) < 4.78 is 49.3. The first-order chi connectivity index (χ1) is 10.8. The summed E-state index contributed by atoms with van der Waals surface area (Å²) in [4.78, 5) is 4.16. The molecule has 0 aliphatic rings. The first-order valence-corrected chi connectivity index (χ1v) is 7.14. The highest BCUT2D eigenvalue weighted by molar-refractivity contribution is 5.35. The highest BCUT2D eigenvalue weighted by atomic mass is 19.4. The van der Waals surface area contributed by atoms with E-state index in [0.29, 0.717) is 12.2 Å². The molecule has 0 amide bonds. The second-order valence-electron chi connectivity index (χ2n) is 5.20. The summed E-state index contributed by atoms with van der Waals surface area (Å²) in [7, 11) is 1.81. The molecule has 2 rings (SSSR count). The van der Waals surface area contributed by atoms with Crippen molar-refractivity contribution in [3.63, 3.8) is 0 Å². The minimum Gasteiger partial charge on any atom is -0.480 e. The fourth-order valence-electron chi connectivity index (χ4n) is 1.94. The highest BCUT2D eigenvalue weighted by Gasteiger charge is 2.34. The first kappa shape index (κ1) is 17.3. The van der Waals surface area contributed by atoms with Crippen LogP contribution >= 0.6 is 0 Å². The average Bonchev–Trinajstić information content (AvgIpc) is 2.95. The molecule has 0 radical (unpaired) electrons. The van der Waals surface area contributed by atoms with E-state index in [1.807, 2.05) is 14.0 Å². The predicted octanol–water partition coefficient (Wildman–Crippen LogP) is 3.38. The molecule has 1 aromatic carbocycles. The molecule has 0 spiro atoms. The average molecular weight is 329 g/mol. The number of benzene rings is 1. The van der Waals surface area contributed by atoms with Crippen LogP contribution in [0.25, 0.3) is 0 Å². The molecule has 5 nitrogen and oxygen atoms in total. The number of halogens is 3. The molecule has 1 N–H and O–H groups in total. The lowest BCUT2D eigenvalue weighted by Crippen LogP contribution is -2.24. The molecule has 1 aromatic heterocycles. The maximum absolute atomic E-state index is 12.9. The Balaban J connectivity index is 2.12. The van der Waals surface area contributed by atoms with Crippen molar-refractivity contribution in [3.05, 3.63) is 41.5 Å². The number of hydrogen-bond donors (Lipinski definition) is 1. The minimum absolute atomic E-state index is 0.139. The Hall–Kier alpha value is -2.09. The zero-order valence-electron chi connectivity index (χ0n) is 13.0. The number of para-hydroxylation sites is 1. The van der Waals surface area contributed by atoms with Gasteiger partial charge >= 0.3 is 6.18 Å². The lowest BCUT2D eigenvalue weighted by molar-refractivity contribution is -0.139. The van der Waals surface area contributed by atoms with E-state index < -0.39 is 17.8 Å². The van der Waals surface area contributed by atoms with Crippen molar-refractivity contribution in [2.24, 2.45) is 0 Å². The third-order valence-corrected chi connectivity index (χ3v) is 3.31. The van der Waals surface area contributed by atoms with Crippen molar-refractivity contribution < 1.29 is 22.4 Å².